The van der Waals surface area contributed by atoms with Gasteiger partial charge in [0.05, 0.1) is 11.1 Å². The minimum absolute atomic E-state index is 0.734. The maximum Gasteiger partial charge on any atom is 0.138 e. The lowest BCUT2D eigenvalue weighted by molar-refractivity contribution is 0.311. The third-order valence-electron chi connectivity index (χ3n) is 2.75. The molecule has 0 aliphatic carbocycles. The van der Waals surface area contributed by atoms with Crippen molar-refractivity contribution < 1.29 is 4.74 Å². The third-order valence-corrected chi connectivity index (χ3v) is 3.80. The molecule has 0 spiro atoms. The van der Waals surface area contributed by atoms with Crippen molar-refractivity contribution in [3.63, 3.8) is 0 Å². The van der Waals surface area contributed by atoms with Crippen LogP contribution in [0.1, 0.15) is 39.2 Å². The largest absolute Gasteiger partial charge is 0.492 e. The molecule has 0 saturated heterocycles. The minimum Gasteiger partial charge on any atom is -0.492 e. The van der Waals surface area contributed by atoms with Crippen LogP contribution in [0.2, 0.25) is 0 Å². The number of hydrogen-bond acceptors (Lipinski definition) is 2. The zero-order valence-electron chi connectivity index (χ0n) is 11.9. The summed E-state index contributed by atoms with van der Waals surface area (Å²) in [7, 11) is 0. The maximum atomic E-state index is 5.84. The van der Waals surface area contributed by atoms with Gasteiger partial charge in [0.15, 0.2) is 0 Å². The molecule has 19 heavy (non-hydrogen) atoms. The van der Waals surface area contributed by atoms with Crippen LogP contribution in [-0.4, -0.2) is 13.2 Å². The van der Waals surface area contributed by atoms with Crippen LogP contribution < -0.4 is 10.1 Å². The fourth-order valence-corrected chi connectivity index (χ4v) is 3.15. The van der Waals surface area contributed by atoms with Crippen molar-refractivity contribution in [2.75, 3.05) is 13.2 Å². The molecule has 1 aromatic rings. The van der Waals surface area contributed by atoms with E-state index in [9.17, 15) is 0 Å². The quantitative estimate of drug-likeness (QED) is 0.618. The average Bonchev–Trinajstić information content (AvgIpc) is 2.33. The van der Waals surface area contributed by atoms with Crippen molar-refractivity contribution in [3.05, 3.63) is 26.6 Å². The van der Waals surface area contributed by atoms with Crippen LogP contribution in [0, 0.1) is 5.92 Å². The van der Waals surface area contributed by atoms with Crippen molar-refractivity contribution in [1.82, 2.24) is 5.32 Å². The molecule has 1 rings (SSSR count). The Morgan fingerprint density at radius 3 is 2.63 bits per heavy atom. The molecule has 0 bridgehead atoms. The van der Waals surface area contributed by atoms with Crippen LogP contribution >= 0.6 is 31.9 Å². The van der Waals surface area contributed by atoms with Crippen LogP contribution in [0.15, 0.2) is 21.1 Å². The van der Waals surface area contributed by atoms with E-state index in [1.165, 1.54) is 12.0 Å². The van der Waals surface area contributed by atoms with Gasteiger partial charge in [0.25, 0.3) is 0 Å². The molecule has 2 nitrogen and oxygen atoms in total. The summed E-state index contributed by atoms with van der Waals surface area (Å²) >= 11 is 7.11. The van der Waals surface area contributed by atoms with Crippen molar-refractivity contribution in [2.45, 2.75) is 40.2 Å². The Hall–Kier alpha value is -0.0600. The Morgan fingerprint density at radius 1 is 1.26 bits per heavy atom. The summed E-state index contributed by atoms with van der Waals surface area (Å²) in [6, 6.07) is 4.15. The van der Waals surface area contributed by atoms with Crippen LogP contribution in [0.4, 0.5) is 0 Å². The summed E-state index contributed by atoms with van der Waals surface area (Å²) in [4.78, 5) is 0. The first-order valence-electron chi connectivity index (χ1n) is 6.86. The maximum absolute atomic E-state index is 5.84. The fraction of sp³-hybridized carbons (Fsp3) is 0.600. The number of ether oxygens (including phenoxy) is 1. The second-order valence-corrected chi connectivity index (χ2v) is 6.85. The normalized spacial score (nSPS) is 11.1. The minimum atomic E-state index is 0.734. The molecule has 0 amide bonds. The molecule has 0 aromatic heterocycles. The second-order valence-electron chi connectivity index (χ2n) is 5.08. The van der Waals surface area contributed by atoms with E-state index < -0.39 is 0 Å². The summed E-state index contributed by atoms with van der Waals surface area (Å²) in [5, 5.41) is 3.48. The Kier molecular flexibility index (Phi) is 8.03. The number of halogens is 2. The SMILES string of the molecule is CCCOc1c(Br)cc(Br)cc1CNCCC(C)C. The highest BCUT2D eigenvalue weighted by molar-refractivity contribution is 9.11. The standard InChI is InChI=1S/C15H23Br2NO/c1-4-7-19-15-12(8-13(16)9-14(15)17)10-18-6-5-11(2)3/h8-9,11,18H,4-7,10H2,1-3H3. The Labute approximate surface area is 133 Å². The lowest BCUT2D eigenvalue weighted by Crippen LogP contribution is -2.17. The van der Waals surface area contributed by atoms with E-state index in [1.807, 2.05) is 6.07 Å². The number of rotatable bonds is 8. The molecule has 0 radical (unpaired) electrons. The van der Waals surface area contributed by atoms with E-state index in [4.69, 9.17) is 4.74 Å². The molecular weight excluding hydrogens is 370 g/mol. The topological polar surface area (TPSA) is 21.3 Å². The molecular formula is C15H23Br2NO. The monoisotopic (exact) mass is 391 g/mol. The lowest BCUT2D eigenvalue weighted by atomic mass is 10.1. The molecule has 0 unspecified atom stereocenters. The van der Waals surface area contributed by atoms with Gasteiger partial charge in [0.1, 0.15) is 5.75 Å². The zero-order chi connectivity index (χ0) is 14.3. The summed E-state index contributed by atoms with van der Waals surface area (Å²) in [6.45, 7) is 9.23. The van der Waals surface area contributed by atoms with E-state index >= 15 is 0 Å². The Bertz CT molecular complexity index is 394. The molecule has 0 saturated carbocycles. The smallest absolute Gasteiger partial charge is 0.138 e. The van der Waals surface area contributed by atoms with Gasteiger partial charge >= 0.3 is 0 Å². The van der Waals surface area contributed by atoms with Crippen molar-refractivity contribution in [3.8, 4) is 5.75 Å². The average molecular weight is 393 g/mol. The van der Waals surface area contributed by atoms with Crippen LogP contribution in [0.3, 0.4) is 0 Å². The first-order valence-corrected chi connectivity index (χ1v) is 8.44. The second kappa shape index (κ2) is 8.98. The summed E-state index contributed by atoms with van der Waals surface area (Å²) in [5.41, 5.74) is 1.19. The van der Waals surface area contributed by atoms with Gasteiger partial charge in [-0.1, -0.05) is 36.7 Å². The van der Waals surface area contributed by atoms with Gasteiger partial charge in [-0.25, -0.2) is 0 Å². The van der Waals surface area contributed by atoms with Crippen LogP contribution in [0.25, 0.3) is 0 Å². The summed E-state index contributed by atoms with van der Waals surface area (Å²) < 4.78 is 7.93. The molecule has 0 fully saturated rings. The van der Waals surface area contributed by atoms with E-state index in [0.29, 0.717) is 0 Å². The Balaban J connectivity index is 2.68. The fourth-order valence-electron chi connectivity index (χ4n) is 1.72. The van der Waals surface area contributed by atoms with E-state index in [2.05, 4.69) is 64.0 Å². The number of nitrogens with one attached hydrogen (secondary N) is 1. The Morgan fingerprint density at radius 2 is 2.00 bits per heavy atom. The van der Waals surface area contributed by atoms with E-state index in [0.717, 1.165) is 46.7 Å². The first kappa shape index (κ1) is 17.0. The zero-order valence-corrected chi connectivity index (χ0v) is 15.1. The molecule has 1 N–H and O–H groups in total. The summed E-state index contributed by atoms with van der Waals surface area (Å²) in [6.07, 6.45) is 2.21. The lowest BCUT2D eigenvalue weighted by Gasteiger charge is -2.15. The molecule has 0 aliphatic heterocycles. The van der Waals surface area contributed by atoms with Crippen molar-refractivity contribution >= 4 is 31.9 Å². The molecule has 108 valence electrons. The third kappa shape index (κ3) is 6.28. The molecule has 0 aliphatic rings. The first-order chi connectivity index (χ1) is 9.04. The predicted molar refractivity (Wildman–Crippen MR) is 88.8 cm³/mol. The van der Waals surface area contributed by atoms with Crippen LogP contribution in [0.5, 0.6) is 5.75 Å². The van der Waals surface area contributed by atoms with Crippen LogP contribution in [-0.2, 0) is 6.54 Å². The molecule has 1 aromatic carbocycles. The highest BCUT2D eigenvalue weighted by Crippen LogP contribution is 2.33. The number of hydrogen-bond donors (Lipinski definition) is 1. The van der Waals surface area contributed by atoms with Crippen molar-refractivity contribution in [2.24, 2.45) is 5.92 Å². The molecule has 0 heterocycles. The van der Waals surface area contributed by atoms with Gasteiger partial charge in [-0.05, 0) is 53.4 Å². The van der Waals surface area contributed by atoms with E-state index in [1.54, 1.807) is 0 Å². The van der Waals surface area contributed by atoms with Gasteiger partial charge in [-0.2, -0.15) is 0 Å². The van der Waals surface area contributed by atoms with E-state index in [-0.39, 0.29) is 0 Å². The van der Waals surface area contributed by atoms with Gasteiger partial charge in [-0.15, -0.1) is 0 Å². The van der Waals surface area contributed by atoms with Gasteiger partial charge in [0.2, 0.25) is 0 Å². The number of benzene rings is 1. The van der Waals surface area contributed by atoms with Gasteiger partial charge < -0.3 is 10.1 Å². The highest BCUT2D eigenvalue weighted by Gasteiger charge is 2.10. The van der Waals surface area contributed by atoms with Crippen molar-refractivity contribution in [1.29, 1.82) is 0 Å². The highest BCUT2D eigenvalue weighted by atomic mass is 79.9. The molecule has 4 heteroatoms. The van der Waals surface area contributed by atoms with Gasteiger partial charge in [-0.3, -0.25) is 0 Å². The van der Waals surface area contributed by atoms with Gasteiger partial charge in [0, 0.05) is 16.6 Å². The summed E-state index contributed by atoms with van der Waals surface area (Å²) in [5.74, 6) is 1.69. The molecule has 0 atom stereocenters. The predicted octanol–water partition coefficient (Wildman–Crippen LogP) is 5.14.